The number of carboxylic acids is 2. The summed E-state index contributed by atoms with van der Waals surface area (Å²) >= 11 is 0. The molecule has 2 aromatic carbocycles. The Hall–Kier alpha value is -4.55. The van der Waals surface area contributed by atoms with Crippen LogP contribution in [-0.4, -0.2) is 68.4 Å². The molecule has 0 saturated carbocycles. The molecule has 0 amide bonds. The van der Waals surface area contributed by atoms with Crippen LogP contribution in [0.5, 0.6) is 5.75 Å². The largest absolute Gasteiger partial charge is 0.496 e. The van der Waals surface area contributed by atoms with Crippen molar-refractivity contribution < 1.29 is 44.0 Å². The maximum absolute atomic E-state index is 12.6. The number of carboxylic acid groups (broad SMARTS) is 2. The molecule has 0 aliphatic heterocycles. The number of aromatic amines is 1. The van der Waals surface area contributed by atoms with Gasteiger partial charge < -0.3 is 35.1 Å². The van der Waals surface area contributed by atoms with E-state index in [1.54, 1.807) is 6.07 Å². The van der Waals surface area contributed by atoms with Crippen LogP contribution in [0.25, 0.3) is 11.3 Å². The number of carbonyl (C=O) groups excluding carboxylic acids is 2. The minimum absolute atomic E-state index is 0.101. The van der Waals surface area contributed by atoms with E-state index < -0.39 is 42.3 Å². The molecule has 200 valence electrons. The van der Waals surface area contributed by atoms with Crippen LogP contribution in [0.4, 0.5) is 0 Å². The monoisotopic (exact) mass is 525 g/mol. The molecule has 0 aliphatic carbocycles. The summed E-state index contributed by atoms with van der Waals surface area (Å²) in [6.07, 6.45) is -0.0219. The number of H-pyrrole nitrogens is 1. The SMILES string of the molecule is COc1ccc(CNCCc2nc(-c3ccccc3)c[nH]2)cc1C(=O)OC(=O)C[C@@](O)(CC(=O)O)C(=O)O. The Morgan fingerprint density at radius 3 is 2.45 bits per heavy atom. The van der Waals surface area contributed by atoms with Crippen molar-refractivity contribution in [3.05, 3.63) is 71.7 Å². The molecule has 12 nitrogen and oxygen atoms in total. The summed E-state index contributed by atoms with van der Waals surface area (Å²) in [5.41, 5.74) is -0.500. The molecule has 3 aromatic rings. The van der Waals surface area contributed by atoms with E-state index in [0.29, 0.717) is 25.1 Å². The van der Waals surface area contributed by atoms with Gasteiger partial charge in [-0.15, -0.1) is 0 Å². The van der Waals surface area contributed by atoms with E-state index in [9.17, 15) is 24.3 Å². The van der Waals surface area contributed by atoms with Crippen molar-refractivity contribution in [2.75, 3.05) is 13.7 Å². The number of nitrogens with zero attached hydrogens (tertiary/aromatic N) is 1. The summed E-state index contributed by atoms with van der Waals surface area (Å²) in [6, 6.07) is 14.4. The second-order valence-electron chi connectivity index (χ2n) is 8.41. The number of aliphatic carboxylic acids is 2. The van der Waals surface area contributed by atoms with Gasteiger partial charge in [-0.3, -0.25) is 9.59 Å². The van der Waals surface area contributed by atoms with Crippen molar-refractivity contribution in [3.8, 4) is 17.0 Å². The van der Waals surface area contributed by atoms with Gasteiger partial charge in [0, 0.05) is 31.3 Å². The van der Waals surface area contributed by atoms with Crippen molar-refractivity contribution in [2.24, 2.45) is 0 Å². The number of hydrogen-bond acceptors (Lipinski definition) is 9. The van der Waals surface area contributed by atoms with Crippen molar-refractivity contribution in [1.29, 1.82) is 0 Å². The van der Waals surface area contributed by atoms with E-state index in [1.807, 2.05) is 36.5 Å². The molecule has 5 N–H and O–H groups in total. The lowest BCUT2D eigenvalue weighted by Gasteiger charge is -2.20. The standard InChI is InChI=1S/C26H27N3O9/c1-37-20-8-7-16(14-27-10-9-21-28-15-19(29-21)17-5-3-2-4-6-17)11-18(20)24(33)38-23(32)13-26(36,25(34)35)12-22(30)31/h2-8,11,15,27,36H,9-10,12-14H2,1H3,(H,28,29)(H,30,31)(H,34,35)/t26-/m0/s1. The van der Waals surface area contributed by atoms with E-state index in [4.69, 9.17) is 14.9 Å². The fraction of sp³-hybridized carbons (Fsp3) is 0.269. The van der Waals surface area contributed by atoms with Crippen LogP contribution in [0.2, 0.25) is 0 Å². The number of rotatable bonds is 13. The van der Waals surface area contributed by atoms with Crippen molar-refractivity contribution in [3.63, 3.8) is 0 Å². The highest BCUT2D eigenvalue weighted by Gasteiger charge is 2.42. The predicted octanol–water partition coefficient (Wildman–Crippen LogP) is 1.78. The number of nitrogens with one attached hydrogen (secondary N) is 2. The summed E-state index contributed by atoms with van der Waals surface area (Å²) in [4.78, 5) is 54.5. The van der Waals surface area contributed by atoms with Crippen LogP contribution >= 0.6 is 0 Å². The molecule has 3 rings (SSSR count). The molecule has 1 heterocycles. The molecule has 0 spiro atoms. The van der Waals surface area contributed by atoms with Crippen LogP contribution in [0.3, 0.4) is 0 Å². The van der Waals surface area contributed by atoms with Gasteiger partial charge in [0.25, 0.3) is 0 Å². The average molecular weight is 526 g/mol. The van der Waals surface area contributed by atoms with Gasteiger partial charge in [0.05, 0.1) is 25.6 Å². The number of esters is 2. The number of carbonyl (C=O) groups is 4. The zero-order chi connectivity index (χ0) is 27.7. The zero-order valence-corrected chi connectivity index (χ0v) is 20.5. The molecule has 1 atom stereocenters. The minimum Gasteiger partial charge on any atom is -0.496 e. The summed E-state index contributed by atoms with van der Waals surface area (Å²) in [7, 11) is 1.31. The number of ether oxygens (including phenoxy) is 2. The Morgan fingerprint density at radius 1 is 1.05 bits per heavy atom. The lowest BCUT2D eigenvalue weighted by Crippen LogP contribution is -2.43. The second-order valence-corrected chi connectivity index (χ2v) is 8.41. The van der Waals surface area contributed by atoms with Gasteiger partial charge >= 0.3 is 23.9 Å². The first-order valence-electron chi connectivity index (χ1n) is 11.5. The third-order valence-corrected chi connectivity index (χ3v) is 5.54. The van der Waals surface area contributed by atoms with Gasteiger partial charge in [-0.25, -0.2) is 14.6 Å². The molecule has 0 bridgehead atoms. The van der Waals surface area contributed by atoms with Crippen LogP contribution in [0, 0.1) is 0 Å². The summed E-state index contributed by atoms with van der Waals surface area (Å²) in [5, 5.41) is 31.1. The van der Waals surface area contributed by atoms with E-state index in [1.165, 1.54) is 19.2 Å². The van der Waals surface area contributed by atoms with E-state index in [-0.39, 0.29) is 11.3 Å². The van der Waals surface area contributed by atoms with Crippen LogP contribution < -0.4 is 10.1 Å². The Kier molecular flexibility index (Phi) is 9.30. The molecule has 0 saturated heterocycles. The molecule has 1 aromatic heterocycles. The summed E-state index contributed by atoms with van der Waals surface area (Å²) in [6.45, 7) is 0.936. The summed E-state index contributed by atoms with van der Waals surface area (Å²) in [5.74, 6) is -5.20. The fourth-order valence-electron chi connectivity index (χ4n) is 3.61. The first-order chi connectivity index (χ1) is 18.1. The summed E-state index contributed by atoms with van der Waals surface area (Å²) < 4.78 is 9.83. The highest BCUT2D eigenvalue weighted by atomic mass is 16.6. The first kappa shape index (κ1) is 28.0. The third-order valence-electron chi connectivity index (χ3n) is 5.54. The van der Waals surface area contributed by atoms with Gasteiger partial charge in [0.1, 0.15) is 17.1 Å². The topological polar surface area (TPSA) is 188 Å². The van der Waals surface area contributed by atoms with Crippen LogP contribution in [0.1, 0.15) is 34.6 Å². The first-order valence-corrected chi connectivity index (χ1v) is 11.5. The molecule has 0 radical (unpaired) electrons. The normalized spacial score (nSPS) is 12.4. The highest BCUT2D eigenvalue weighted by molar-refractivity contribution is 6.00. The number of aliphatic hydroxyl groups is 1. The van der Waals surface area contributed by atoms with Crippen molar-refractivity contribution in [2.45, 2.75) is 31.4 Å². The number of imidazole rings is 1. The number of hydrogen-bond donors (Lipinski definition) is 5. The van der Waals surface area contributed by atoms with E-state index in [2.05, 4.69) is 20.0 Å². The Bertz CT molecular complexity index is 1310. The van der Waals surface area contributed by atoms with Crippen molar-refractivity contribution >= 4 is 23.9 Å². The van der Waals surface area contributed by atoms with Gasteiger partial charge in [-0.05, 0) is 17.7 Å². The quantitative estimate of drug-likeness (QED) is 0.124. The Morgan fingerprint density at radius 2 is 1.79 bits per heavy atom. The van der Waals surface area contributed by atoms with Gasteiger partial charge in [-0.2, -0.15) is 0 Å². The lowest BCUT2D eigenvalue weighted by molar-refractivity contribution is -0.170. The third kappa shape index (κ3) is 7.48. The Labute approximate surface area is 217 Å². The highest BCUT2D eigenvalue weighted by Crippen LogP contribution is 2.23. The molecular formula is C26H27N3O9. The number of methoxy groups -OCH3 is 1. The molecular weight excluding hydrogens is 498 g/mol. The molecule has 0 fully saturated rings. The van der Waals surface area contributed by atoms with Gasteiger partial charge in [0.15, 0.2) is 5.60 Å². The van der Waals surface area contributed by atoms with E-state index >= 15 is 0 Å². The number of benzene rings is 2. The van der Waals surface area contributed by atoms with E-state index in [0.717, 1.165) is 17.1 Å². The molecule has 12 heteroatoms. The van der Waals surface area contributed by atoms with Gasteiger partial charge in [-0.1, -0.05) is 36.4 Å². The van der Waals surface area contributed by atoms with Crippen LogP contribution in [-0.2, 0) is 32.1 Å². The smallest absolute Gasteiger partial charge is 0.349 e. The lowest BCUT2D eigenvalue weighted by atomic mass is 9.96. The fourth-order valence-corrected chi connectivity index (χ4v) is 3.61. The average Bonchev–Trinajstić information content (AvgIpc) is 3.35. The second kappa shape index (κ2) is 12.6. The maximum atomic E-state index is 12.6. The maximum Gasteiger partial charge on any atom is 0.349 e. The minimum atomic E-state index is -2.92. The molecule has 0 unspecified atom stereocenters. The van der Waals surface area contributed by atoms with Gasteiger partial charge in [0.2, 0.25) is 0 Å². The predicted molar refractivity (Wildman–Crippen MR) is 132 cm³/mol. The van der Waals surface area contributed by atoms with Crippen molar-refractivity contribution in [1.82, 2.24) is 15.3 Å². The molecule has 0 aliphatic rings. The molecule has 38 heavy (non-hydrogen) atoms. The van der Waals surface area contributed by atoms with Crippen LogP contribution in [0.15, 0.2) is 54.7 Å². The number of aromatic nitrogens is 2. The Balaban J connectivity index is 1.57. The zero-order valence-electron chi connectivity index (χ0n) is 20.5.